The normalized spacial score (nSPS) is 11.1. The fourth-order valence-electron chi connectivity index (χ4n) is 1.75. The van der Waals surface area contributed by atoms with E-state index < -0.39 is 18.1 Å². The Morgan fingerprint density at radius 2 is 2.00 bits per heavy atom. The molecule has 0 N–H and O–H groups in total. The number of pyridine rings is 1. The van der Waals surface area contributed by atoms with Crippen molar-refractivity contribution in [1.29, 1.82) is 0 Å². The van der Waals surface area contributed by atoms with Crippen molar-refractivity contribution < 1.29 is 27.4 Å². The van der Waals surface area contributed by atoms with Gasteiger partial charge in [-0.05, 0) is 18.2 Å². The fraction of sp³-hybridized carbons (Fsp3) is 0.143. The second-order valence-corrected chi connectivity index (χ2v) is 4.47. The molecule has 8 heteroatoms. The van der Waals surface area contributed by atoms with Crippen molar-refractivity contribution in [3.05, 3.63) is 47.1 Å². The third kappa shape index (κ3) is 3.67. The monoisotopic (exact) mass is 331 g/mol. The number of benzene rings is 1. The van der Waals surface area contributed by atoms with Crippen molar-refractivity contribution >= 4 is 17.6 Å². The third-order valence-electron chi connectivity index (χ3n) is 2.64. The molecule has 0 amide bonds. The molecule has 0 aliphatic carbocycles. The number of nitrogens with zero attached hydrogens (tertiary/aromatic N) is 1. The van der Waals surface area contributed by atoms with E-state index in [-0.39, 0.29) is 21.8 Å². The van der Waals surface area contributed by atoms with Crippen LogP contribution in [-0.4, -0.2) is 24.4 Å². The molecule has 0 aliphatic rings. The summed E-state index contributed by atoms with van der Waals surface area (Å²) in [5.74, 6) is -1.08. The molecule has 0 fully saturated rings. The summed E-state index contributed by atoms with van der Waals surface area (Å²) in [4.78, 5) is 15.6. The van der Waals surface area contributed by atoms with Crippen LogP contribution >= 0.6 is 11.6 Å². The number of esters is 1. The predicted molar refractivity (Wildman–Crippen MR) is 72.7 cm³/mol. The van der Waals surface area contributed by atoms with Crippen LogP contribution in [-0.2, 0) is 4.74 Å². The smallest absolute Gasteiger partial charge is 0.465 e. The fourth-order valence-corrected chi connectivity index (χ4v) is 2.05. The molecule has 0 saturated heterocycles. The average molecular weight is 332 g/mol. The van der Waals surface area contributed by atoms with Crippen molar-refractivity contribution in [2.45, 2.75) is 6.36 Å². The van der Waals surface area contributed by atoms with Crippen molar-refractivity contribution in [1.82, 2.24) is 4.98 Å². The second kappa shape index (κ2) is 6.23. The average Bonchev–Trinajstić information content (AvgIpc) is 2.45. The Balaban J connectivity index is 2.44. The molecular formula is C14H9ClF3NO3. The van der Waals surface area contributed by atoms with E-state index in [9.17, 15) is 18.0 Å². The highest BCUT2D eigenvalue weighted by Crippen LogP contribution is 2.32. The van der Waals surface area contributed by atoms with Crippen molar-refractivity contribution in [2.24, 2.45) is 0 Å². The van der Waals surface area contributed by atoms with Crippen LogP contribution < -0.4 is 4.74 Å². The van der Waals surface area contributed by atoms with Gasteiger partial charge in [-0.25, -0.2) is 4.79 Å². The Morgan fingerprint density at radius 1 is 1.27 bits per heavy atom. The number of halogens is 4. The van der Waals surface area contributed by atoms with E-state index in [1.54, 1.807) is 0 Å². The molecule has 0 aliphatic heterocycles. The van der Waals surface area contributed by atoms with Crippen LogP contribution in [0.15, 0.2) is 36.5 Å². The van der Waals surface area contributed by atoms with E-state index >= 15 is 0 Å². The number of hydrogen-bond donors (Lipinski definition) is 0. The van der Waals surface area contributed by atoms with Crippen LogP contribution in [0.3, 0.4) is 0 Å². The lowest BCUT2D eigenvalue weighted by molar-refractivity contribution is -0.274. The minimum atomic E-state index is -4.80. The van der Waals surface area contributed by atoms with Crippen LogP contribution in [0.5, 0.6) is 5.75 Å². The van der Waals surface area contributed by atoms with Gasteiger partial charge in [-0.15, -0.1) is 13.2 Å². The van der Waals surface area contributed by atoms with Crippen molar-refractivity contribution in [3.63, 3.8) is 0 Å². The minimum absolute atomic E-state index is 0.0153. The summed E-state index contributed by atoms with van der Waals surface area (Å²) in [5.41, 5.74) is 0.492. The SMILES string of the molecule is COC(=O)c1ccnc(-c2cccc(OC(F)(F)F)c2)c1Cl. The Morgan fingerprint density at radius 3 is 2.64 bits per heavy atom. The van der Waals surface area contributed by atoms with Crippen molar-refractivity contribution in [3.8, 4) is 17.0 Å². The summed E-state index contributed by atoms with van der Waals surface area (Å²) in [6.07, 6.45) is -3.49. The topological polar surface area (TPSA) is 48.4 Å². The highest BCUT2D eigenvalue weighted by molar-refractivity contribution is 6.36. The van der Waals surface area contributed by atoms with Gasteiger partial charge < -0.3 is 9.47 Å². The maximum atomic E-state index is 12.2. The summed E-state index contributed by atoms with van der Waals surface area (Å²) in [7, 11) is 1.19. The maximum Gasteiger partial charge on any atom is 0.573 e. The molecule has 0 radical (unpaired) electrons. The van der Waals surface area contributed by atoms with Gasteiger partial charge in [0.25, 0.3) is 0 Å². The first-order valence-corrected chi connectivity index (χ1v) is 6.28. The molecule has 2 rings (SSSR count). The highest BCUT2D eigenvalue weighted by atomic mass is 35.5. The number of methoxy groups -OCH3 is 1. The van der Waals surface area contributed by atoms with E-state index in [1.807, 2.05) is 0 Å². The number of carbonyl (C=O) groups is 1. The van der Waals surface area contributed by atoms with Crippen LogP contribution in [0.25, 0.3) is 11.3 Å². The molecule has 0 saturated carbocycles. The second-order valence-electron chi connectivity index (χ2n) is 4.09. The van der Waals surface area contributed by atoms with E-state index in [1.165, 1.54) is 31.5 Å². The number of carbonyl (C=O) groups excluding carboxylic acids is 1. The quantitative estimate of drug-likeness (QED) is 0.795. The van der Waals surface area contributed by atoms with Gasteiger partial charge in [0.05, 0.1) is 23.4 Å². The molecule has 1 aromatic heterocycles. The molecule has 22 heavy (non-hydrogen) atoms. The van der Waals surface area contributed by atoms with Gasteiger partial charge in [-0.2, -0.15) is 0 Å². The molecule has 0 spiro atoms. The van der Waals surface area contributed by atoms with Crippen LogP contribution in [0.4, 0.5) is 13.2 Å². The lowest BCUT2D eigenvalue weighted by atomic mass is 10.1. The van der Waals surface area contributed by atoms with Gasteiger partial charge in [0.2, 0.25) is 0 Å². The van der Waals surface area contributed by atoms with Crippen LogP contribution in [0.1, 0.15) is 10.4 Å². The molecule has 0 atom stereocenters. The number of aromatic nitrogens is 1. The van der Waals surface area contributed by atoms with Gasteiger partial charge in [0.1, 0.15) is 5.75 Å². The van der Waals surface area contributed by atoms with Gasteiger partial charge in [0.15, 0.2) is 0 Å². The summed E-state index contributed by atoms with van der Waals surface area (Å²) in [5, 5.41) is -0.0153. The van der Waals surface area contributed by atoms with Crippen LogP contribution in [0, 0.1) is 0 Å². The highest BCUT2D eigenvalue weighted by Gasteiger charge is 2.31. The first-order valence-electron chi connectivity index (χ1n) is 5.91. The van der Waals surface area contributed by atoms with Gasteiger partial charge in [-0.3, -0.25) is 4.98 Å². The van der Waals surface area contributed by atoms with Gasteiger partial charge >= 0.3 is 12.3 Å². The zero-order valence-electron chi connectivity index (χ0n) is 11.1. The molecule has 0 bridgehead atoms. The lowest BCUT2D eigenvalue weighted by Gasteiger charge is -2.11. The molecule has 116 valence electrons. The lowest BCUT2D eigenvalue weighted by Crippen LogP contribution is -2.17. The van der Waals surface area contributed by atoms with E-state index in [0.717, 1.165) is 12.1 Å². The zero-order chi connectivity index (χ0) is 16.3. The summed E-state index contributed by atoms with van der Waals surface area (Å²) >= 11 is 6.08. The Bertz CT molecular complexity index is 704. The summed E-state index contributed by atoms with van der Waals surface area (Å²) < 4.78 is 45.1. The van der Waals surface area contributed by atoms with E-state index in [2.05, 4.69) is 14.5 Å². The third-order valence-corrected chi connectivity index (χ3v) is 3.02. The number of alkyl halides is 3. The van der Waals surface area contributed by atoms with Crippen molar-refractivity contribution in [2.75, 3.05) is 7.11 Å². The summed E-state index contributed by atoms with van der Waals surface area (Å²) in [6, 6.07) is 6.49. The Kier molecular flexibility index (Phi) is 4.56. The molecular weight excluding hydrogens is 323 g/mol. The first kappa shape index (κ1) is 16.1. The first-order chi connectivity index (χ1) is 10.3. The largest absolute Gasteiger partial charge is 0.573 e. The Labute approximate surface area is 128 Å². The number of hydrogen-bond acceptors (Lipinski definition) is 4. The van der Waals surface area contributed by atoms with E-state index in [0.29, 0.717) is 0 Å². The van der Waals surface area contributed by atoms with Crippen LogP contribution in [0.2, 0.25) is 5.02 Å². The molecule has 1 aromatic carbocycles. The predicted octanol–water partition coefficient (Wildman–Crippen LogP) is 4.09. The number of rotatable bonds is 3. The molecule has 4 nitrogen and oxygen atoms in total. The molecule has 2 aromatic rings. The van der Waals surface area contributed by atoms with E-state index in [4.69, 9.17) is 11.6 Å². The maximum absolute atomic E-state index is 12.2. The molecule has 0 unspecified atom stereocenters. The van der Waals surface area contributed by atoms with Gasteiger partial charge in [0, 0.05) is 11.8 Å². The zero-order valence-corrected chi connectivity index (χ0v) is 11.9. The summed E-state index contributed by atoms with van der Waals surface area (Å²) in [6.45, 7) is 0. The van der Waals surface area contributed by atoms with Gasteiger partial charge in [-0.1, -0.05) is 23.7 Å². The standard InChI is InChI=1S/C14H9ClF3NO3/c1-21-13(20)10-5-6-19-12(11(10)15)8-3-2-4-9(7-8)22-14(16,17)18/h2-7H,1H3. The molecule has 1 heterocycles. The Hall–Kier alpha value is -2.28. The number of ether oxygens (including phenoxy) is 2. The minimum Gasteiger partial charge on any atom is -0.465 e.